The lowest BCUT2D eigenvalue weighted by Gasteiger charge is -2.18. The highest BCUT2D eigenvalue weighted by molar-refractivity contribution is 5.24. The van der Waals surface area contributed by atoms with Crippen molar-refractivity contribution in [2.45, 2.75) is 70.8 Å². The predicted molar refractivity (Wildman–Crippen MR) is 76.5 cm³/mol. The van der Waals surface area contributed by atoms with E-state index in [2.05, 4.69) is 20.5 Å². The van der Waals surface area contributed by atoms with E-state index >= 15 is 0 Å². The van der Waals surface area contributed by atoms with Crippen LogP contribution in [0.3, 0.4) is 0 Å². The molecule has 5 heteroatoms. The van der Waals surface area contributed by atoms with Crippen LogP contribution in [0.5, 0.6) is 0 Å². The molecule has 106 valence electrons. The minimum Gasteiger partial charge on any atom is -0.352 e. The van der Waals surface area contributed by atoms with Crippen molar-refractivity contribution in [1.82, 2.24) is 15.2 Å². The largest absolute Gasteiger partial charge is 0.352 e. The van der Waals surface area contributed by atoms with Crippen molar-refractivity contribution in [3.63, 3.8) is 0 Å². The molecule has 1 aromatic rings. The molecular formula is C14H24N4O. The van der Waals surface area contributed by atoms with E-state index in [1.54, 1.807) is 0 Å². The number of hydrogen-bond donors (Lipinski definition) is 2. The van der Waals surface area contributed by atoms with E-state index < -0.39 is 0 Å². The molecule has 0 unspecified atom stereocenters. The lowest BCUT2D eigenvalue weighted by Crippen LogP contribution is -2.30. The molecule has 0 radical (unpaired) electrons. The second-order valence-corrected chi connectivity index (χ2v) is 6.43. The first-order chi connectivity index (χ1) is 8.97. The third kappa shape index (κ3) is 3.78. The number of aromatic nitrogens is 3. The Morgan fingerprint density at radius 3 is 2.26 bits per heavy atom. The molecule has 0 saturated heterocycles. The average molecular weight is 264 g/mol. The number of H-pyrrole nitrogens is 1. The van der Waals surface area contributed by atoms with Crippen molar-refractivity contribution in [1.29, 1.82) is 0 Å². The van der Waals surface area contributed by atoms with E-state index in [4.69, 9.17) is 0 Å². The van der Waals surface area contributed by atoms with Crippen molar-refractivity contribution in [2.24, 2.45) is 0 Å². The summed E-state index contributed by atoms with van der Waals surface area (Å²) in [5.74, 6) is 0.505. The highest BCUT2D eigenvalue weighted by Gasteiger charge is 2.21. The fraction of sp³-hybridized carbons (Fsp3) is 0.786. The summed E-state index contributed by atoms with van der Waals surface area (Å²) in [5.41, 5.74) is 0.0686. The second kappa shape index (κ2) is 5.72. The quantitative estimate of drug-likeness (QED) is 0.805. The van der Waals surface area contributed by atoms with Gasteiger partial charge in [-0.3, -0.25) is 9.78 Å². The van der Waals surface area contributed by atoms with Gasteiger partial charge in [-0.1, -0.05) is 46.5 Å². The summed E-state index contributed by atoms with van der Waals surface area (Å²) in [6.45, 7) is 5.89. The molecule has 19 heavy (non-hydrogen) atoms. The monoisotopic (exact) mass is 264 g/mol. The molecule has 2 rings (SSSR count). The number of nitrogens with zero attached hydrogens (tertiary/aromatic N) is 2. The first-order valence-corrected chi connectivity index (χ1v) is 7.21. The van der Waals surface area contributed by atoms with Gasteiger partial charge in [0.15, 0.2) is 0 Å². The highest BCUT2D eigenvalue weighted by Crippen LogP contribution is 2.20. The maximum Gasteiger partial charge on any atom is 0.274 e. The fourth-order valence-corrected chi connectivity index (χ4v) is 2.51. The van der Waals surface area contributed by atoms with Gasteiger partial charge in [-0.25, -0.2) is 0 Å². The zero-order valence-corrected chi connectivity index (χ0v) is 12.1. The molecule has 1 saturated carbocycles. The Labute approximate surface area is 114 Å². The molecule has 1 heterocycles. The Bertz CT molecular complexity index is 467. The highest BCUT2D eigenvalue weighted by atomic mass is 16.1. The summed E-state index contributed by atoms with van der Waals surface area (Å²) in [7, 11) is 0. The molecule has 0 aliphatic heterocycles. The smallest absolute Gasteiger partial charge is 0.274 e. The number of aromatic amines is 1. The summed E-state index contributed by atoms with van der Waals surface area (Å²) >= 11 is 0. The zero-order chi connectivity index (χ0) is 13.9. The van der Waals surface area contributed by atoms with Crippen LogP contribution < -0.4 is 10.9 Å². The van der Waals surface area contributed by atoms with Crippen LogP contribution >= 0.6 is 0 Å². The SMILES string of the molecule is CC(C)(C)c1nnc(NC2CCCCCC2)[nH]c1=O. The minimum atomic E-state index is -0.276. The first-order valence-electron chi connectivity index (χ1n) is 7.21. The van der Waals surface area contributed by atoms with E-state index in [1.807, 2.05) is 20.8 Å². The van der Waals surface area contributed by atoms with Crippen LogP contribution in [0.2, 0.25) is 0 Å². The molecule has 0 aromatic carbocycles. The third-order valence-electron chi connectivity index (χ3n) is 3.60. The molecule has 0 spiro atoms. The lowest BCUT2D eigenvalue weighted by molar-refractivity contribution is 0.544. The molecule has 0 atom stereocenters. The summed E-state index contributed by atoms with van der Waals surface area (Å²) < 4.78 is 0. The van der Waals surface area contributed by atoms with Gasteiger partial charge in [-0.15, -0.1) is 10.2 Å². The summed E-state index contributed by atoms with van der Waals surface area (Å²) in [5, 5.41) is 11.5. The van der Waals surface area contributed by atoms with Gasteiger partial charge in [0, 0.05) is 11.5 Å². The van der Waals surface area contributed by atoms with Gasteiger partial charge in [0.1, 0.15) is 5.69 Å². The first kappa shape index (κ1) is 14.0. The summed E-state index contributed by atoms with van der Waals surface area (Å²) in [6, 6.07) is 0.410. The van der Waals surface area contributed by atoms with Crippen molar-refractivity contribution in [3.05, 3.63) is 16.0 Å². The van der Waals surface area contributed by atoms with Crippen molar-refractivity contribution in [2.75, 3.05) is 5.32 Å². The van der Waals surface area contributed by atoms with Crippen LogP contribution in [0.1, 0.15) is 65.0 Å². The Kier molecular flexibility index (Phi) is 4.22. The lowest BCUT2D eigenvalue weighted by atomic mass is 9.93. The summed E-state index contributed by atoms with van der Waals surface area (Å²) in [4.78, 5) is 14.8. The fourth-order valence-electron chi connectivity index (χ4n) is 2.51. The molecular weight excluding hydrogens is 240 g/mol. The van der Waals surface area contributed by atoms with Crippen LogP contribution in [-0.4, -0.2) is 21.2 Å². The van der Waals surface area contributed by atoms with Gasteiger partial charge >= 0.3 is 0 Å². The van der Waals surface area contributed by atoms with Gasteiger partial charge in [0.25, 0.3) is 5.56 Å². The van der Waals surface area contributed by atoms with Gasteiger partial charge in [0.2, 0.25) is 5.95 Å². The van der Waals surface area contributed by atoms with E-state index in [1.165, 1.54) is 25.7 Å². The molecule has 5 nitrogen and oxygen atoms in total. The number of nitrogens with one attached hydrogen (secondary N) is 2. The molecule has 2 N–H and O–H groups in total. The van der Waals surface area contributed by atoms with Crippen molar-refractivity contribution >= 4 is 5.95 Å². The Morgan fingerprint density at radius 1 is 1.11 bits per heavy atom. The maximum absolute atomic E-state index is 12.0. The number of hydrogen-bond acceptors (Lipinski definition) is 4. The minimum absolute atomic E-state index is 0.140. The zero-order valence-electron chi connectivity index (χ0n) is 12.1. The second-order valence-electron chi connectivity index (χ2n) is 6.43. The maximum atomic E-state index is 12.0. The third-order valence-corrected chi connectivity index (χ3v) is 3.60. The van der Waals surface area contributed by atoms with Crippen LogP contribution in [0.15, 0.2) is 4.79 Å². The van der Waals surface area contributed by atoms with E-state index in [-0.39, 0.29) is 11.0 Å². The van der Waals surface area contributed by atoms with Gasteiger partial charge < -0.3 is 5.32 Å². The standard InChI is InChI=1S/C14H24N4O/c1-14(2,3)11-12(19)16-13(18-17-11)15-10-8-6-4-5-7-9-10/h10H,4-9H2,1-3H3,(H2,15,16,18,19). The van der Waals surface area contributed by atoms with E-state index in [0.29, 0.717) is 17.7 Å². The Morgan fingerprint density at radius 2 is 1.74 bits per heavy atom. The molecule has 1 aromatic heterocycles. The predicted octanol–water partition coefficient (Wildman–Crippen LogP) is 2.60. The number of anilines is 1. The average Bonchev–Trinajstić information content (AvgIpc) is 2.56. The van der Waals surface area contributed by atoms with Gasteiger partial charge in [0.05, 0.1) is 0 Å². The molecule has 1 fully saturated rings. The molecule has 0 amide bonds. The van der Waals surface area contributed by atoms with Gasteiger partial charge in [-0.2, -0.15) is 0 Å². The molecule has 1 aliphatic carbocycles. The Hall–Kier alpha value is -1.39. The van der Waals surface area contributed by atoms with E-state index in [0.717, 1.165) is 12.8 Å². The molecule has 0 bridgehead atoms. The summed E-state index contributed by atoms with van der Waals surface area (Å²) in [6.07, 6.45) is 7.40. The number of rotatable bonds is 2. The molecule has 1 aliphatic rings. The van der Waals surface area contributed by atoms with Gasteiger partial charge in [-0.05, 0) is 12.8 Å². The van der Waals surface area contributed by atoms with E-state index in [9.17, 15) is 4.79 Å². The van der Waals surface area contributed by atoms with Crippen LogP contribution in [0, 0.1) is 0 Å². The van der Waals surface area contributed by atoms with Crippen molar-refractivity contribution in [3.8, 4) is 0 Å². The Balaban J connectivity index is 2.09. The van der Waals surface area contributed by atoms with Crippen LogP contribution in [0.4, 0.5) is 5.95 Å². The van der Waals surface area contributed by atoms with Crippen LogP contribution in [-0.2, 0) is 5.41 Å². The van der Waals surface area contributed by atoms with Crippen molar-refractivity contribution < 1.29 is 0 Å². The topological polar surface area (TPSA) is 70.7 Å². The normalized spacial score (nSPS) is 18.1. The van der Waals surface area contributed by atoms with Crippen LogP contribution in [0.25, 0.3) is 0 Å².